The Labute approximate surface area is 282 Å². The molecule has 0 unspecified atom stereocenters. The molecule has 2 aromatic carbocycles. The molecule has 3 aromatic heterocycles. The Morgan fingerprint density at radius 1 is 1.02 bits per heavy atom. The van der Waals surface area contributed by atoms with Gasteiger partial charge < -0.3 is 28.7 Å². The van der Waals surface area contributed by atoms with Crippen LogP contribution in [0.15, 0.2) is 48.7 Å². The smallest absolute Gasteiger partial charge is 0.278 e. The predicted octanol–water partition coefficient (Wildman–Crippen LogP) is 6.74. The number of ether oxygens (including phenoxy) is 3. The summed E-state index contributed by atoms with van der Waals surface area (Å²) in [6.07, 6.45) is 8.27. The van der Waals surface area contributed by atoms with Crippen molar-refractivity contribution in [1.29, 1.82) is 0 Å². The third-order valence-electron chi connectivity index (χ3n) is 10.3. The second-order valence-corrected chi connectivity index (χ2v) is 14.1. The van der Waals surface area contributed by atoms with Crippen LogP contribution in [0.25, 0.3) is 22.6 Å². The summed E-state index contributed by atoms with van der Waals surface area (Å²) in [5.74, 6) is 3.22. The van der Waals surface area contributed by atoms with Crippen LogP contribution in [0.1, 0.15) is 73.6 Å². The number of H-pyrrole nitrogens is 1. The lowest BCUT2D eigenvalue weighted by Crippen LogP contribution is -2.36. The highest BCUT2D eigenvalue weighted by atomic mass is 35.5. The third-order valence-corrected chi connectivity index (χ3v) is 10.5. The first-order valence-corrected chi connectivity index (χ1v) is 17.4. The molecule has 248 valence electrons. The maximum absolute atomic E-state index is 14.9. The quantitative estimate of drug-likeness (QED) is 0.184. The minimum absolute atomic E-state index is 0.200. The summed E-state index contributed by atoms with van der Waals surface area (Å²) in [6.45, 7) is 6.15. The van der Waals surface area contributed by atoms with Crippen LogP contribution in [-0.2, 0) is 23.5 Å². The predicted molar refractivity (Wildman–Crippen MR) is 178 cm³/mol. The molecule has 3 aliphatic heterocycles. The van der Waals surface area contributed by atoms with E-state index in [1.807, 2.05) is 18.3 Å². The number of benzene rings is 2. The van der Waals surface area contributed by atoms with Gasteiger partial charge in [-0.1, -0.05) is 23.7 Å². The molecule has 0 bridgehead atoms. The molecule has 9 rings (SSSR count). The van der Waals surface area contributed by atoms with Crippen molar-refractivity contribution < 1.29 is 18.6 Å². The molecule has 0 spiro atoms. The van der Waals surface area contributed by atoms with E-state index in [0.29, 0.717) is 33.9 Å². The first-order valence-electron chi connectivity index (χ1n) is 17.0. The van der Waals surface area contributed by atoms with Gasteiger partial charge in [-0.25, -0.2) is 14.4 Å². The number of pyridine rings is 1. The number of imidazole rings is 1. The number of aromatic amines is 1. The van der Waals surface area contributed by atoms with E-state index in [4.69, 9.17) is 35.8 Å². The monoisotopic (exact) mass is 669 g/mol. The molecule has 12 heteroatoms. The van der Waals surface area contributed by atoms with Crippen molar-refractivity contribution in [2.24, 2.45) is 0 Å². The van der Waals surface area contributed by atoms with Gasteiger partial charge in [-0.05, 0) is 81.4 Å². The fraction of sp³-hybridized carbons (Fsp3) is 0.444. The molecule has 3 fully saturated rings. The van der Waals surface area contributed by atoms with Crippen molar-refractivity contribution in [2.75, 3.05) is 26.2 Å². The van der Waals surface area contributed by atoms with Crippen LogP contribution >= 0.6 is 11.6 Å². The number of hydrogen-bond donors (Lipinski definition) is 1. The first kappa shape index (κ1) is 30.0. The zero-order valence-electron chi connectivity index (χ0n) is 26.8. The van der Waals surface area contributed by atoms with E-state index < -0.39 is 11.6 Å². The molecule has 2 saturated heterocycles. The zero-order valence-corrected chi connectivity index (χ0v) is 27.5. The molecule has 1 N–H and O–H groups in total. The fourth-order valence-electron chi connectivity index (χ4n) is 7.31. The van der Waals surface area contributed by atoms with E-state index >= 15 is 0 Å². The second kappa shape index (κ2) is 11.8. The molecule has 6 heterocycles. The van der Waals surface area contributed by atoms with Crippen LogP contribution < -0.4 is 9.47 Å². The van der Waals surface area contributed by atoms with Crippen LogP contribution in [0.3, 0.4) is 0 Å². The summed E-state index contributed by atoms with van der Waals surface area (Å²) in [6, 6.07) is 12.7. The number of fused-ring (bicyclic) bond motifs is 2. The van der Waals surface area contributed by atoms with Gasteiger partial charge in [0.15, 0.2) is 23.0 Å². The van der Waals surface area contributed by atoms with Crippen LogP contribution in [-0.4, -0.2) is 67.0 Å². The standard InChI is InChI=1S/C36H37ClFN7O3/c1-36(27-8-7-24(37)18-28(27)38)47-30-4-2-3-26(32(30)48-36)21-9-13-44(14-10-21)15-11-31-40-29-17-23(34-41-33(42-43-34)22-5-6-22)19-39-35(29)45(31)20-25-12-16-46-25/h2-4,7-8,17-19,21-22,25H,5-6,9-16,20H2,1H3,(H,41,42,43)/t25-,36-/m0/s1. The normalized spacial score (nSPS) is 22.8. The van der Waals surface area contributed by atoms with Crippen molar-refractivity contribution in [3.63, 3.8) is 0 Å². The molecular weight excluding hydrogens is 633 g/mol. The van der Waals surface area contributed by atoms with Crippen molar-refractivity contribution in [3.05, 3.63) is 82.3 Å². The number of rotatable bonds is 9. The number of likely N-dealkylation sites (tertiary alicyclic amines) is 1. The highest BCUT2D eigenvalue weighted by molar-refractivity contribution is 6.30. The maximum Gasteiger partial charge on any atom is 0.278 e. The molecule has 5 aromatic rings. The van der Waals surface area contributed by atoms with Crippen LogP contribution in [0.5, 0.6) is 11.5 Å². The number of para-hydroxylation sites is 1. The minimum atomic E-state index is -1.26. The summed E-state index contributed by atoms with van der Waals surface area (Å²) < 4.78 is 35.5. The van der Waals surface area contributed by atoms with E-state index in [2.05, 4.69) is 36.8 Å². The Kier molecular flexibility index (Phi) is 7.39. The molecule has 0 amide bonds. The Hall–Kier alpha value is -4.06. The van der Waals surface area contributed by atoms with Gasteiger partial charge in [0, 0.05) is 54.8 Å². The van der Waals surface area contributed by atoms with Crippen LogP contribution in [0.2, 0.25) is 5.02 Å². The van der Waals surface area contributed by atoms with Crippen molar-refractivity contribution in [3.8, 4) is 22.9 Å². The van der Waals surface area contributed by atoms with E-state index in [1.165, 1.54) is 18.9 Å². The van der Waals surface area contributed by atoms with Crippen LogP contribution in [0.4, 0.5) is 4.39 Å². The zero-order chi connectivity index (χ0) is 32.4. The van der Waals surface area contributed by atoms with Gasteiger partial charge in [0.2, 0.25) is 0 Å². The lowest BCUT2D eigenvalue weighted by Gasteiger charge is -2.33. The highest BCUT2D eigenvalue weighted by Crippen LogP contribution is 2.50. The van der Waals surface area contributed by atoms with Gasteiger partial charge in [-0.2, -0.15) is 0 Å². The van der Waals surface area contributed by atoms with Gasteiger partial charge in [0.05, 0.1) is 18.2 Å². The second-order valence-electron chi connectivity index (χ2n) is 13.6. The van der Waals surface area contributed by atoms with E-state index in [-0.39, 0.29) is 6.10 Å². The van der Waals surface area contributed by atoms with Gasteiger partial charge in [-0.3, -0.25) is 0 Å². The lowest BCUT2D eigenvalue weighted by atomic mass is 9.88. The maximum atomic E-state index is 14.9. The summed E-state index contributed by atoms with van der Waals surface area (Å²) in [7, 11) is 0. The topological polar surface area (TPSA) is 103 Å². The average Bonchev–Trinajstić information content (AvgIpc) is 3.52. The summed E-state index contributed by atoms with van der Waals surface area (Å²) in [5, 5.41) is 9.07. The Bertz CT molecular complexity index is 2000. The Morgan fingerprint density at radius 2 is 1.88 bits per heavy atom. The summed E-state index contributed by atoms with van der Waals surface area (Å²) in [5.41, 5.74) is 4.10. The number of hydrogen-bond acceptors (Lipinski definition) is 8. The lowest BCUT2D eigenvalue weighted by molar-refractivity contribution is -0.0712. The average molecular weight is 670 g/mol. The van der Waals surface area contributed by atoms with E-state index in [1.54, 1.807) is 19.1 Å². The van der Waals surface area contributed by atoms with E-state index in [0.717, 1.165) is 98.2 Å². The molecule has 10 nitrogen and oxygen atoms in total. The number of nitrogens with zero attached hydrogens (tertiary/aromatic N) is 6. The molecule has 4 aliphatic rings. The van der Waals surface area contributed by atoms with Gasteiger partial charge >= 0.3 is 0 Å². The number of halogens is 2. The Balaban J connectivity index is 0.885. The summed E-state index contributed by atoms with van der Waals surface area (Å²) in [4.78, 5) is 15.8. The van der Waals surface area contributed by atoms with Gasteiger partial charge in [-0.15, -0.1) is 10.2 Å². The molecule has 1 saturated carbocycles. The molecule has 2 atom stereocenters. The number of piperidine rings is 1. The minimum Gasteiger partial charge on any atom is -0.444 e. The van der Waals surface area contributed by atoms with Crippen LogP contribution in [0, 0.1) is 5.82 Å². The highest BCUT2D eigenvalue weighted by Gasteiger charge is 2.43. The van der Waals surface area contributed by atoms with E-state index in [9.17, 15) is 4.39 Å². The molecule has 1 aliphatic carbocycles. The van der Waals surface area contributed by atoms with Gasteiger partial charge in [0.1, 0.15) is 23.0 Å². The fourth-order valence-corrected chi connectivity index (χ4v) is 7.47. The van der Waals surface area contributed by atoms with Gasteiger partial charge in [0.25, 0.3) is 5.79 Å². The first-order chi connectivity index (χ1) is 23.4. The Morgan fingerprint density at radius 3 is 2.65 bits per heavy atom. The van der Waals surface area contributed by atoms with Crippen molar-refractivity contribution >= 4 is 22.8 Å². The largest absolute Gasteiger partial charge is 0.444 e. The molecular formula is C36H37ClFN7O3. The molecule has 48 heavy (non-hydrogen) atoms. The SMILES string of the molecule is C[C@]1(c2ccc(Cl)cc2F)Oc2cccc(C3CCN(CCc4nc5cc(-c6nnc(C7CC7)[nH]6)cnc5n4C[C@@H]4CCO4)CC3)c2O1. The van der Waals surface area contributed by atoms with Crippen molar-refractivity contribution in [2.45, 2.75) is 75.7 Å². The third kappa shape index (κ3) is 5.51. The van der Waals surface area contributed by atoms with Crippen molar-refractivity contribution in [1.82, 2.24) is 34.6 Å². The number of nitrogens with one attached hydrogen (secondary N) is 1. The number of aromatic nitrogens is 6. The summed E-state index contributed by atoms with van der Waals surface area (Å²) >= 11 is 6.00. The molecule has 0 radical (unpaired) electrons.